The van der Waals surface area contributed by atoms with Gasteiger partial charge >= 0.3 is 0 Å². The van der Waals surface area contributed by atoms with Crippen molar-refractivity contribution in [3.8, 4) is 5.88 Å². The molecule has 0 unspecified atom stereocenters. The maximum Gasteiger partial charge on any atom is 0.233 e. The van der Waals surface area contributed by atoms with Crippen LogP contribution in [-0.4, -0.2) is 21.4 Å². The van der Waals surface area contributed by atoms with E-state index in [1.165, 1.54) is 30.3 Å². The van der Waals surface area contributed by atoms with Crippen LogP contribution in [0.5, 0.6) is 5.88 Å². The Hall–Kier alpha value is -2.59. The van der Waals surface area contributed by atoms with E-state index >= 15 is 0 Å². The van der Waals surface area contributed by atoms with Crippen LogP contribution < -0.4 is 0 Å². The summed E-state index contributed by atoms with van der Waals surface area (Å²) in [6.07, 6.45) is 8.13. The van der Waals surface area contributed by atoms with Gasteiger partial charge in [0.25, 0.3) is 0 Å². The largest absolute Gasteiger partial charge is 0.494 e. The summed E-state index contributed by atoms with van der Waals surface area (Å²) < 4.78 is 1.29. The quantitative estimate of drug-likeness (QED) is 0.280. The van der Waals surface area contributed by atoms with Crippen molar-refractivity contribution in [1.29, 1.82) is 0 Å². The number of ketones is 1. The minimum Gasteiger partial charge on any atom is -0.494 e. The van der Waals surface area contributed by atoms with Gasteiger partial charge in [0.2, 0.25) is 11.8 Å². The van der Waals surface area contributed by atoms with Crippen molar-refractivity contribution in [3.63, 3.8) is 0 Å². The van der Waals surface area contributed by atoms with Crippen LogP contribution in [0.2, 0.25) is 5.02 Å². The summed E-state index contributed by atoms with van der Waals surface area (Å²) in [5, 5.41) is 12.0. The molecule has 0 aliphatic heterocycles. The zero-order chi connectivity index (χ0) is 21.5. The molecular formula is C25H28ClNO3. The van der Waals surface area contributed by atoms with E-state index in [4.69, 9.17) is 11.6 Å². The van der Waals surface area contributed by atoms with Crippen molar-refractivity contribution in [2.24, 2.45) is 0 Å². The van der Waals surface area contributed by atoms with Crippen molar-refractivity contribution in [2.75, 3.05) is 0 Å². The summed E-state index contributed by atoms with van der Waals surface area (Å²) in [7, 11) is 0. The van der Waals surface area contributed by atoms with Crippen LogP contribution in [0.25, 0.3) is 10.9 Å². The Kier molecular flexibility index (Phi) is 7.69. The third-order valence-electron chi connectivity index (χ3n) is 5.43. The van der Waals surface area contributed by atoms with Crippen molar-refractivity contribution in [3.05, 3.63) is 64.7 Å². The molecule has 2 aromatic carbocycles. The molecule has 30 heavy (non-hydrogen) atoms. The van der Waals surface area contributed by atoms with Gasteiger partial charge in [-0.25, -0.2) is 4.57 Å². The molecule has 0 aliphatic rings. The van der Waals surface area contributed by atoms with Crippen LogP contribution in [-0.2, 0) is 0 Å². The van der Waals surface area contributed by atoms with Gasteiger partial charge in [-0.15, -0.1) is 0 Å². The number of hydrogen-bond acceptors (Lipinski definition) is 3. The third kappa shape index (κ3) is 4.93. The van der Waals surface area contributed by atoms with Crippen LogP contribution in [0.1, 0.15) is 79.0 Å². The van der Waals surface area contributed by atoms with Gasteiger partial charge in [0.05, 0.1) is 11.1 Å². The molecule has 1 N–H and O–H groups in total. The summed E-state index contributed by atoms with van der Waals surface area (Å²) in [5.74, 6) is -0.806. The Morgan fingerprint density at radius 3 is 2.23 bits per heavy atom. The smallest absolute Gasteiger partial charge is 0.233 e. The molecule has 0 saturated carbocycles. The second kappa shape index (κ2) is 10.4. The van der Waals surface area contributed by atoms with Gasteiger partial charge in [0.1, 0.15) is 0 Å². The van der Waals surface area contributed by atoms with E-state index in [9.17, 15) is 14.7 Å². The molecule has 3 rings (SSSR count). The van der Waals surface area contributed by atoms with Crippen LogP contribution in [0.4, 0.5) is 0 Å². The summed E-state index contributed by atoms with van der Waals surface area (Å²) in [6.45, 7) is 2.19. The lowest BCUT2D eigenvalue weighted by atomic mass is 10.0. The van der Waals surface area contributed by atoms with Gasteiger partial charge in [0, 0.05) is 22.4 Å². The molecule has 3 aromatic rings. The zero-order valence-corrected chi connectivity index (χ0v) is 18.1. The van der Waals surface area contributed by atoms with E-state index in [2.05, 4.69) is 6.92 Å². The number of aromatic hydroxyl groups is 1. The fourth-order valence-corrected chi connectivity index (χ4v) is 3.92. The molecule has 0 radical (unpaired) electrons. The van der Waals surface area contributed by atoms with Crippen molar-refractivity contribution < 1.29 is 14.7 Å². The molecular weight excluding hydrogens is 398 g/mol. The van der Waals surface area contributed by atoms with Crippen LogP contribution in [0, 0.1) is 0 Å². The molecule has 0 bridgehead atoms. The summed E-state index contributed by atoms with van der Waals surface area (Å²) in [5.41, 5.74) is 1.12. The Labute approximate surface area is 182 Å². The predicted molar refractivity (Wildman–Crippen MR) is 122 cm³/mol. The van der Waals surface area contributed by atoms with Gasteiger partial charge in [-0.3, -0.25) is 9.59 Å². The average molecular weight is 426 g/mol. The summed E-state index contributed by atoms with van der Waals surface area (Å²) in [4.78, 5) is 26.0. The number of aromatic nitrogens is 1. The lowest BCUT2D eigenvalue weighted by Gasteiger charge is -2.06. The number of carbonyl (C=O) groups excluding carboxylic acids is 2. The highest BCUT2D eigenvalue weighted by Crippen LogP contribution is 2.33. The minimum atomic E-state index is -0.331. The molecule has 1 heterocycles. The van der Waals surface area contributed by atoms with Gasteiger partial charge in [0.15, 0.2) is 5.78 Å². The van der Waals surface area contributed by atoms with E-state index in [1.807, 2.05) is 0 Å². The van der Waals surface area contributed by atoms with Gasteiger partial charge < -0.3 is 5.11 Å². The average Bonchev–Trinajstić information content (AvgIpc) is 3.04. The maximum absolute atomic E-state index is 13.1. The second-order valence-electron chi connectivity index (χ2n) is 7.65. The normalized spacial score (nSPS) is 11.1. The Bertz CT molecular complexity index is 1020. The fourth-order valence-electron chi connectivity index (χ4n) is 3.79. The highest BCUT2D eigenvalue weighted by Gasteiger charge is 2.25. The van der Waals surface area contributed by atoms with E-state index < -0.39 is 0 Å². The molecule has 0 amide bonds. The van der Waals surface area contributed by atoms with Gasteiger partial charge in [-0.05, 0) is 36.8 Å². The van der Waals surface area contributed by atoms with E-state index in [0.29, 0.717) is 27.9 Å². The van der Waals surface area contributed by atoms with Gasteiger partial charge in [-0.2, -0.15) is 0 Å². The third-order valence-corrected chi connectivity index (χ3v) is 5.68. The molecule has 0 aliphatic carbocycles. The molecule has 0 fully saturated rings. The Morgan fingerprint density at radius 1 is 0.900 bits per heavy atom. The first kappa shape index (κ1) is 22.1. The number of nitrogens with zero attached hydrogens (tertiary/aromatic N) is 1. The zero-order valence-electron chi connectivity index (χ0n) is 17.4. The topological polar surface area (TPSA) is 59.3 Å². The SMILES string of the molecule is CCCCCCCCCC(=O)n1c(O)c(C(=O)c2ccc(Cl)cc2)c2ccccc21. The Morgan fingerprint density at radius 2 is 1.53 bits per heavy atom. The van der Waals surface area contributed by atoms with Crippen molar-refractivity contribution in [1.82, 2.24) is 4.57 Å². The van der Waals surface area contributed by atoms with E-state index in [-0.39, 0.29) is 23.1 Å². The fraction of sp³-hybridized carbons (Fsp3) is 0.360. The molecule has 1 aromatic heterocycles. The first-order valence-electron chi connectivity index (χ1n) is 10.7. The number of halogens is 1. The number of fused-ring (bicyclic) bond motifs is 1. The predicted octanol–water partition coefficient (Wildman–Crippen LogP) is 7.01. The molecule has 4 nitrogen and oxygen atoms in total. The highest BCUT2D eigenvalue weighted by molar-refractivity contribution is 6.30. The van der Waals surface area contributed by atoms with E-state index in [1.54, 1.807) is 48.5 Å². The number of carbonyl (C=O) groups is 2. The molecule has 0 atom stereocenters. The van der Waals surface area contributed by atoms with Crippen LogP contribution in [0.15, 0.2) is 48.5 Å². The number of hydrogen-bond donors (Lipinski definition) is 1. The number of rotatable bonds is 10. The number of benzene rings is 2. The molecule has 5 heteroatoms. The monoisotopic (exact) mass is 425 g/mol. The van der Waals surface area contributed by atoms with E-state index in [0.717, 1.165) is 19.3 Å². The molecule has 0 saturated heterocycles. The first-order valence-corrected chi connectivity index (χ1v) is 11.1. The van der Waals surface area contributed by atoms with Crippen molar-refractivity contribution >= 4 is 34.2 Å². The Balaban J connectivity index is 1.80. The standard InChI is InChI=1S/C25H28ClNO3/c1-2-3-4-5-6-7-8-13-22(28)27-21-12-10-9-11-20(21)23(25(27)30)24(29)18-14-16-19(26)17-15-18/h9-12,14-17,30H,2-8,13H2,1H3. The maximum atomic E-state index is 13.1. The second-order valence-corrected chi connectivity index (χ2v) is 8.09. The molecule has 158 valence electrons. The summed E-state index contributed by atoms with van der Waals surface area (Å²) in [6, 6.07) is 13.6. The number of para-hydroxylation sites is 1. The van der Waals surface area contributed by atoms with Gasteiger partial charge in [-0.1, -0.05) is 75.2 Å². The first-order chi connectivity index (χ1) is 14.5. The van der Waals surface area contributed by atoms with Crippen LogP contribution >= 0.6 is 11.6 Å². The summed E-state index contributed by atoms with van der Waals surface area (Å²) >= 11 is 5.92. The lowest BCUT2D eigenvalue weighted by molar-refractivity contribution is 0.0895. The highest BCUT2D eigenvalue weighted by atomic mass is 35.5. The minimum absolute atomic E-state index is 0.154. The lowest BCUT2D eigenvalue weighted by Crippen LogP contribution is -2.10. The van der Waals surface area contributed by atoms with Crippen molar-refractivity contribution in [2.45, 2.75) is 58.3 Å². The van der Waals surface area contributed by atoms with Crippen LogP contribution in [0.3, 0.4) is 0 Å². The number of unbranched alkanes of at least 4 members (excludes halogenated alkanes) is 6. The molecule has 0 spiro atoms.